The lowest BCUT2D eigenvalue weighted by Gasteiger charge is -2.24. The molecule has 0 aromatic rings. The SMILES string of the molecule is CC(C)(C)OC(=O)N1CCC(CC(F)CO)C1. The fraction of sp³-hybridized carbons (Fsp3) is 0.917. The summed E-state index contributed by atoms with van der Waals surface area (Å²) in [5.74, 6) is 0.129. The van der Waals surface area contributed by atoms with Crippen molar-refractivity contribution >= 4 is 6.09 Å². The lowest BCUT2D eigenvalue weighted by Crippen LogP contribution is -2.35. The largest absolute Gasteiger partial charge is 0.444 e. The zero-order valence-corrected chi connectivity index (χ0v) is 10.8. The molecule has 1 aliphatic heterocycles. The summed E-state index contributed by atoms with van der Waals surface area (Å²) >= 11 is 0. The predicted molar refractivity (Wildman–Crippen MR) is 62.5 cm³/mol. The zero-order valence-electron chi connectivity index (χ0n) is 10.8. The molecule has 1 heterocycles. The Morgan fingerprint density at radius 2 is 2.24 bits per heavy atom. The van der Waals surface area contributed by atoms with Crippen LogP contribution in [0, 0.1) is 5.92 Å². The van der Waals surface area contributed by atoms with Gasteiger partial charge in [0, 0.05) is 13.1 Å². The van der Waals surface area contributed by atoms with Crippen molar-refractivity contribution in [2.24, 2.45) is 5.92 Å². The second kappa shape index (κ2) is 5.67. The maximum atomic E-state index is 13.0. The lowest BCUT2D eigenvalue weighted by molar-refractivity contribution is 0.0284. The summed E-state index contributed by atoms with van der Waals surface area (Å²) < 4.78 is 18.2. The van der Waals surface area contributed by atoms with Crippen LogP contribution in [-0.4, -0.2) is 47.6 Å². The zero-order chi connectivity index (χ0) is 13.1. The van der Waals surface area contributed by atoms with Crippen molar-refractivity contribution in [1.29, 1.82) is 0 Å². The number of hydrogen-bond acceptors (Lipinski definition) is 3. The molecule has 17 heavy (non-hydrogen) atoms. The van der Waals surface area contributed by atoms with Crippen LogP contribution in [0.4, 0.5) is 9.18 Å². The Balaban J connectivity index is 2.37. The van der Waals surface area contributed by atoms with Gasteiger partial charge < -0.3 is 14.7 Å². The number of ether oxygens (including phenoxy) is 1. The first-order valence-electron chi connectivity index (χ1n) is 6.04. The number of carbonyl (C=O) groups is 1. The van der Waals surface area contributed by atoms with Crippen LogP contribution in [0.2, 0.25) is 0 Å². The molecule has 1 amide bonds. The Morgan fingerprint density at radius 3 is 2.76 bits per heavy atom. The van der Waals surface area contributed by atoms with Crippen molar-refractivity contribution in [2.75, 3.05) is 19.7 Å². The minimum atomic E-state index is -1.18. The molecule has 0 radical (unpaired) electrons. The molecule has 0 aromatic heterocycles. The summed E-state index contributed by atoms with van der Waals surface area (Å²) in [5, 5.41) is 8.64. The molecule has 1 aliphatic rings. The standard InChI is InChI=1S/C12H22FNO3/c1-12(2,3)17-11(16)14-5-4-9(7-14)6-10(13)8-15/h9-10,15H,4-8H2,1-3H3. The summed E-state index contributed by atoms with van der Waals surface area (Å²) in [6.07, 6.45) is -0.423. The van der Waals surface area contributed by atoms with Crippen molar-refractivity contribution < 1.29 is 19.0 Å². The monoisotopic (exact) mass is 247 g/mol. The van der Waals surface area contributed by atoms with Gasteiger partial charge in [0.05, 0.1) is 6.61 Å². The third kappa shape index (κ3) is 4.89. The smallest absolute Gasteiger partial charge is 0.410 e. The topological polar surface area (TPSA) is 49.8 Å². The van der Waals surface area contributed by atoms with E-state index in [1.807, 2.05) is 20.8 Å². The van der Waals surface area contributed by atoms with Gasteiger partial charge in [-0.3, -0.25) is 0 Å². The van der Waals surface area contributed by atoms with E-state index in [1.165, 1.54) is 0 Å². The van der Waals surface area contributed by atoms with Gasteiger partial charge >= 0.3 is 6.09 Å². The Morgan fingerprint density at radius 1 is 1.59 bits per heavy atom. The molecule has 1 rings (SSSR count). The minimum Gasteiger partial charge on any atom is -0.444 e. The van der Waals surface area contributed by atoms with Crippen molar-refractivity contribution in [1.82, 2.24) is 4.90 Å². The van der Waals surface area contributed by atoms with Crippen LogP contribution in [-0.2, 0) is 4.74 Å². The van der Waals surface area contributed by atoms with E-state index in [2.05, 4.69) is 0 Å². The van der Waals surface area contributed by atoms with Crippen molar-refractivity contribution in [2.45, 2.75) is 45.4 Å². The Bertz CT molecular complexity index is 265. The van der Waals surface area contributed by atoms with Gasteiger partial charge in [-0.2, -0.15) is 0 Å². The minimum absolute atomic E-state index is 0.129. The molecule has 2 unspecified atom stereocenters. The van der Waals surface area contributed by atoms with E-state index in [-0.39, 0.29) is 12.0 Å². The molecule has 4 nitrogen and oxygen atoms in total. The van der Waals surface area contributed by atoms with Crippen LogP contribution in [0.1, 0.15) is 33.6 Å². The molecular formula is C12H22FNO3. The van der Waals surface area contributed by atoms with Gasteiger partial charge in [0.1, 0.15) is 11.8 Å². The molecule has 0 aromatic carbocycles. The number of carbonyl (C=O) groups excluding carboxylic acids is 1. The van der Waals surface area contributed by atoms with E-state index in [0.29, 0.717) is 19.5 Å². The Kier molecular flexibility index (Phi) is 4.74. The molecule has 2 atom stereocenters. The Labute approximate surface area is 102 Å². The molecular weight excluding hydrogens is 225 g/mol. The fourth-order valence-electron chi connectivity index (χ4n) is 1.95. The van der Waals surface area contributed by atoms with Gasteiger partial charge in [-0.1, -0.05) is 0 Å². The second-order valence-corrected chi connectivity index (χ2v) is 5.60. The van der Waals surface area contributed by atoms with Crippen LogP contribution < -0.4 is 0 Å². The molecule has 1 N–H and O–H groups in total. The number of halogens is 1. The van der Waals surface area contributed by atoms with E-state index in [1.54, 1.807) is 4.90 Å². The predicted octanol–water partition coefficient (Wildman–Crippen LogP) is 1.96. The first-order chi connectivity index (χ1) is 7.81. The first kappa shape index (κ1) is 14.2. The average molecular weight is 247 g/mol. The first-order valence-corrected chi connectivity index (χ1v) is 6.04. The third-order valence-corrected chi connectivity index (χ3v) is 2.72. The second-order valence-electron chi connectivity index (χ2n) is 5.60. The summed E-state index contributed by atoms with van der Waals surface area (Å²) in [4.78, 5) is 13.3. The third-order valence-electron chi connectivity index (χ3n) is 2.72. The van der Waals surface area contributed by atoms with E-state index in [4.69, 9.17) is 9.84 Å². The summed E-state index contributed by atoms with van der Waals surface area (Å²) in [6.45, 7) is 6.15. The highest BCUT2D eigenvalue weighted by Crippen LogP contribution is 2.23. The van der Waals surface area contributed by atoms with E-state index < -0.39 is 18.4 Å². The normalized spacial score (nSPS) is 22.6. The number of amides is 1. The number of nitrogens with zero attached hydrogens (tertiary/aromatic N) is 1. The van der Waals surface area contributed by atoms with Crippen LogP contribution in [0.15, 0.2) is 0 Å². The van der Waals surface area contributed by atoms with Crippen LogP contribution in [0.3, 0.4) is 0 Å². The summed E-state index contributed by atoms with van der Waals surface area (Å²) in [6, 6.07) is 0. The van der Waals surface area contributed by atoms with Gasteiger partial charge in [-0.25, -0.2) is 9.18 Å². The van der Waals surface area contributed by atoms with Gasteiger partial charge in [-0.05, 0) is 39.5 Å². The molecule has 0 aliphatic carbocycles. The highest BCUT2D eigenvalue weighted by molar-refractivity contribution is 5.68. The van der Waals surface area contributed by atoms with Crippen LogP contribution >= 0.6 is 0 Å². The molecule has 0 bridgehead atoms. The molecule has 1 fully saturated rings. The number of hydrogen-bond donors (Lipinski definition) is 1. The van der Waals surface area contributed by atoms with E-state index in [9.17, 15) is 9.18 Å². The fourth-order valence-corrected chi connectivity index (χ4v) is 1.95. The molecule has 1 saturated heterocycles. The maximum absolute atomic E-state index is 13.0. The van der Waals surface area contributed by atoms with Gasteiger partial charge in [-0.15, -0.1) is 0 Å². The quantitative estimate of drug-likeness (QED) is 0.829. The highest BCUT2D eigenvalue weighted by Gasteiger charge is 2.30. The van der Waals surface area contributed by atoms with Crippen LogP contribution in [0.5, 0.6) is 0 Å². The highest BCUT2D eigenvalue weighted by atomic mass is 19.1. The van der Waals surface area contributed by atoms with Gasteiger partial charge in [0.15, 0.2) is 0 Å². The van der Waals surface area contributed by atoms with Crippen molar-refractivity contribution in [3.8, 4) is 0 Å². The number of aliphatic hydroxyl groups is 1. The molecule has 0 spiro atoms. The molecule has 100 valence electrons. The summed E-state index contributed by atoms with van der Waals surface area (Å²) in [7, 11) is 0. The maximum Gasteiger partial charge on any atom is 0.410 e. The van der Waals surface area contributed by atoms with Crippen molar-refractivity contribution in [3.63, 3.8) is 0 Å². The van der Waals surface area contributed by atoms with Crippen molar-refractivity contribution in [3.05, 3.63) is 0 Å². The number of likely N-dealkylation sites (tertiary alicyclic amines) is 1. The molecule has 5 heteroatoms. The van der Waals surface area contributed by atoms with E-state index >= 15 is 0 Å². The average Bonchev–Trinajstić information content (AvgIpc) is 2.63. The molecule has 0 saturated carbocycles. The van der Waals surface area contributed by atoms with Gasteiger partial charge in [0.2, 0.25) is 0 Å². The summed E-state index contributed by atoms with van der Waals surface area (Å²) in [5.41, 5.74) is -0.497. The van der Waals surface area contributed by atoms with E-state index in [0.717, 1.165) is 6.42 Å². The van der Waals surface area contributed by atoms with Crippen LogP contribution in [0.25, 0.3) is 0 Å². The van der Waals surface area contributed by atoms with Gasteiger partial charge in [0.25, 0.3) is 0 Å². The lowest BCUT2D eigenvalue weighted by atomic mass is 10.0. The number of aliphatic hydroxyl groups excluding tert-OH is 1. The Hall–Kier alpha value is -0.840. The number of rotatable bonds is 3. The number of alkyl halides is 1.